The van der Waals surface area contributed by atoms with E-state index in [-0.39, 0.29) is 0 Å². The van der Waals surface area contributed by atoms with Crippen molar-refractivity contribution in [2.24, 2.45) is 0 Å². The molecule has 3 fully saturated rings. The van der Waals surface area contributed by atoms with E-state index in [1.165, 1.54) is 44.2 Å². The number of fused-ring (bicyclic) bond motifs is 4. The molecule has 1 N–H and O–H groups in total. The van der Waals surface area contributed by atoms with Gasteiger partial charge < -0.3 is 5.32 Å². The van der Waals surface area contributed by atoms with Crippen LogP contribution in [-0.2, 0) is 5.41 Å². The summed E-state index contributed by atoms with van der Waals surface area (Å²) in [5, 5.41) is 3.73. The second kappa shape index (κ2) is 3.89. The summed E-state index contributed by atoms with van der Waals surface area (Å²) in [5.74, 6) is 0. The van der Waals surface area contributed by atoms with Crippen molar-refractivity contribution in [2.45, 2.75) is 50.5 Å². The number of rotatable bonds is 1. The minimum absolute atomic E-state index is 0.445. The van der Waals surface area contributed by atoms with Crippen molar-refractivity contribution in [3.05, 3.63) is 35.4 Å². The van der Waals surface area contributed by atoms with Crippen LogP contribution in [0.15, 0.2) is 24.3 Å². The van der Waals surface area contributed by atoms with Crippen LogP contribution < -0.4 is 5.32 Å². The van der Waals surface area contributed by atoms with Crippen molar-refractivity contribution in [3.63, 3.8) is 0 Å². The van der Waals surface area contributed by atoms with Crippen molar-refractivity contribution >= 4 is 0 Å². The highest BCUT2D eigenvalue weighted by Crippen LogP contribution is 2.41. The molecule has 0 spiro atoms. The number of hydrogen-bond acceptors (Lipinski definition) is 1. The van der Waals surface area contributed by atoms with Gasteiger partial charge in [0.25, 0.3) is 0 Å². The highest BCUT2D eigenvalue weighted by Gasteiger charge is 2.38. The van der Waals surface area contributed by atoms with Gasteiger partial charge in [0.2, 0.25) is 0 Å². The van der Waals surface area contributed by atoms with Gasteiger partial charge in [-0.25, -0.2) is 0 Å². The van der Waals surface area contributed by atoms with Crippen LogP contribution in [0.25, 0.3) is 0 Å². The van der Waals surface area contributed by atoms with Gasteiger partial charge in [0.15, 0.2) is 0 Å². The molecule has 1 nitrogen and oxygen atoms in total. The van der Waals surface area contributed by atoms with E-state index in [1.807, 2.05) is 0 Å². The number of nitrogens with one attached hydrogen (secondary N) is 1. The molecule has 3 aliphatic rings. The number of piperidine rings is 1. The van der Waals surface area contributed by atoms with Crippen LogP contribution in [-0.4, -0.2) is 12.6 Å². The lowest BCUT2D eigenvalue weighted by Gasteiger charge is -2.38. The molecule has 1 aromatic carbocycles. The molecule has 1 saturated carbocycles. The lowest BCUT2D eigenvalue weighted by Crippen LogP contribution is -2.45. The van der Waals surface area contributed by atoms with Gasteiger partial charge in [0.05, 0.1) is 0 Å². The molecule has 4 rings (SSSR count). The zero-order valence-corrected chi connectivity index (χ0v) is 10.1. The van der Waals surface area contributed by atoms with Crippen molar-refractivity contribution in [1.29, 1.82) is 0 Å². The smallest absolute Gasteiger partial charge is 0.00784 e. The average Bonchev–Trinajstić information content (AvgIpc) is 2.64. The summed E-state index contributed by atoms with van der Waals surface area (Å²) >= 11 is 0. The van der Waals surface area contributed by atoms with Gasteiger partial charge in [-0.2, -0.15) is 0 Å². The van der Waals surface area contributed by atoms with Crippen molar-refractivity contribution in [2.75, 3.05) is 6.54 Å². The third-order valence-corrected chi connectivity index (χ3v) is 4.57. The van der Waals surface area contributed by atoms with Gasteiger partial charge in [-0.05, 0) is 38.2 Å². The summed E-state index contributed by atoms with van der Waals surface area (Å²) in [5.41, 5.74) is 3.38. The molecule has 2 unspecified atom stereocenters. The Bertz CT molecular complexity index is 352. The Morgan fingerprint density at radius 1 is 1.12 bits per heavy atom. The Labute approximate surface area is 98.3 Å². The first-order valence-electron chi connectivity index (χ1n) is 6.59. The highest BCUT2D eigenvalue weighted by atomic mass is 14.9. The summed E-state index contributed by atoms with van der Waals surface area (Å²) in [6.45, 7) is 3.37. The minimum Gasteiger partial charge on any atom is -0.313 e. The Morgan fingerprint density at radius 2 is 1.94 bits per heavy atom. The lowest BCUT2D eigenvalue weighted by molar-refractivity contribution is 0.288. The molecule has 0 amide bonds. The molecular formula is C15H21N. The second-order valence-electron chi connectivity index (χ2n) is 5.66. The molecule has 2 aliphatic heterocycles. The average molecular weight is 215 g/mol. The van der Waals surface area contributed by atoms with Gasteiger partial charge in [0, 0.05) is 18.0 Å². The molecule has 0 radical (unpaired) electrons. The molecule has 2 atom stereocenters. The first kappa shape index (κ1) is 10.3. The summed E-state index contributed by atoms with van der Waals surface area (Å²) < 4.78 is 0. The minimum atomic E-state index is 0.445. The van der Waals surface area contributed by atoms with Gasteiger partial charge in [-0.3, -0.25) is 0 Å². The highest BCUT2D eigenvalue weighted by molar-refractivity contribution is 5.30. The summed E-state index contributed by atoms with van der Waals surface area (Å²) in [7, 11) is 0. The molecular weight excluding hydrogens is 194 g/mol. The first-order chi connectivity index (χ1) is 7.78. The van der Waals surface area contributed by atoms with Gasteiger partial charge >= 0.3 is 0 Å². The molecule has 2 bridgehead atoms. The number of aryl methyl sites for hydroxylation is 1. The molecule has 0 aromatic heterocycles. The van der Waals surface area contributed by atoms with Crippen molar-refractivity contribution in [1.82, 2.24) is 5.32 Å². The summed E-state index contributed by atoms with van der Waals surface area (Å²) in [4.78, 5) is 0. The molecule has 1 aliphatic carbocycles. The van der Waals surface area contributed by atoms with E-state index >= 15 is 0 Å². The van der Waals surface area contributed by atoms with Crippen LogP contribution >= 0.6 is 0 Å². The second-order valence-corrected chi connectivity index (χ2v) is 5.66. The van der Waals surface area contributed by atoms with Crippen LogP contribution in [0.4, 0.5) is 0 Å². The van der Waals surface area contributed by atoms with Crippen molar-refractivity contribution < 1.29 is 0 Å². The monoisotopic (exact) mass is 215 g/mol. The van der Waals surface area contributed by atoms with E-state index in [4.69, 9.17) is 0 Å². The van der Waals surface area contributed by atoms with E-state index < -0.39 is 0 Å². The maximum absolute atomic E-state index is 3.73. The predicted molar refractivity (Wildman–Crippen MR) is 67.7 cm³/mol. The Balaban J connectivity index is 1.94. The van der Waals surface area contributed by atoms with Crippen LogP contribution in [0.2, 0.25) is 0 Å². The van der Waals surface area contributed by atoms with E-state index in [1.54, 1.807) is 5.56 Å². The maximum Gasteiger partial charge on any atom is 0.00784 e. The Morgan fingerprint density at radius 3 is 2.62 bits per heavy atom. The fourth-order valence-electron chi connectivity index (χ4n) is 3.43. The van der Waals surface area contributed by atoms with Crippen LogP contribution in [0, 0.1) is 6.92 Å². The van der Waals surface area contributed by atoms with E-state index in [0.717, 1.165) is 6.04 Å². The Kier molecular flexibility index (Phi) is 2.51. The molecule has 1 heteroatoms. The van der Waals surface area contributed by atoms with Gasteiger partial charge in [0.1, 0.15) is 0 Å². The predicted octanol–water partition coefficient (Wildman–Crippen LogP) is 3.17. The molecule has 16 heavy (non-hydrogen) atoms. The number of hydrogen-bond donors (Lipinski definition) is 1. The molecule has 86 valence electrons. The standard InChI is InChI=1S/C15H21N/c1-12-4-6-13(7-5-12)15-9-2-3-14(8-10-15)16-11-15/h4-7,14,16H,2-3,8-11H2,1H3. The summed E-state index contributed by atoms with van der Waals surface area (Å²) in [6, 6.07) is 10.0. The van der Waals surface area contributed by atoms with Crippen LogP contribution in [0.3, 0.4) is 0 Å². The molecule has 2 saturated heterocycles. The zero-order chi connectivity index (χ0) is 11.0. The normalized spacial score (nSPS) is 33.7. The van der Waals surface area contributed by atoms with Crippen molar-refractivity contribution in [3.8, 4) is 0 Å². The third-order valence-electron chi connectivity index (χ3n) is 4.57. The van der Waals surface area contributed by atoms with E-state index in [2.05, 4.69) is 36.5 Å². The first-order valence-corrected chi connectivity index (χ1v) is 6.59. The van der Waals surface area contributed by atoms with Gasteiger partial charge in [-0.15, -0.1) is 0 Å². The molecule has 2 heterocycles. The van der Waals surface area contributed by atoms with Gasteiger partial charge in [-0.1, -0.05) is 36.2 Å². The topological polar surface area (TPSA) is 12.0 Å². The van der Waals surface area contributed by atoms with E-state index in [0.29, 0.717) is 5.41 Å². The third kappa shape index (κ3) is 1.67. The van der Waals surface area contributed by atoms with Crippen LogP contribution in [0.1, 0.15) is 43.2 Å². The van der Waals surface area contributed by atoms with E-state index in [9.17, 15) is 0 Å². The largest absolute Gasteiger partial charge is 0.313 e. The fraction of sp³-hybridized carbons (Fsp3) is 0.600. The maximum atomic E-state index is 3.73. The lowest BCUT2D eigenvalue weighted by atomic mass is 9.73. The zero-order valence-electron chi connectivity index (χ0n) is 10.1. The molecule has 1 aromatic rings. The summed E-state index contributed by atoms with van der Waals surface area (Å²) in [6.07, 6.45) is 6.90. The fourth-order valence-corrected chi connectivity index (χ4v) is 3.43. The quantitative estimate of drug-likeness (QED) is 0.758. The SMILES string of the molecule is Cc1ccc(C23CCCC(CC2)NC3)cc1. The van der Waals surface area contributed by atoms with Crippen LogP contribution in [0.5, 0.6) is 0 Å². The number of benzene rings is 1. The Hall–Kier alpha value is -0.820.